The van der Waals surface area contributed by atoms with Crippen molar-refractivity contribution in [2.75, 3.05) is 13.7 Å². The summed E-state index contributed by atoms with van der Waals surface area (Å²) >= 11 is 0. The molecule has 0 saturated heterocycles. The van der Waals surface area contributed by atoms with Crippen LogP contribution in [0.25, 0.3) is 12.2 Å². The predicted octanol–water partition coefficient (Wildman–Crippen LogP) is 3.95. The highest BCUT2D eigenvalue weighted by atomic mass is 19.3. The number of carbonyl (C=O) groups is 1. The number of carbonyl (C=O) groups excluding carboxylic acids is 1. The smallest absolute Gasteiger partial charge is 0.387 e. The average molecular weight is 394 g/mol. The predicted molar refractivity (Wildman–Crippen MR) is 95.4 cm³/mol. The number of nitro groups is 1. The molecular weight excluding hydrogens is 378 g/mol. The zero-order chi connectivity index (χ0) is 20.7. The molecule has 0 fully saturated rings. The number of halogens is 2. The van der Waals surface area contributed by atoms with Gasteiger partial charge in [-0.2, -0.15) is 8.78 Å². The van der Waals surface area contributed by atoms with Crippen LogP contribution >= 0.6 is 0 Å². The van der Waals surface area contributed by atoms with Crippen LogP contribution in [0.4, 0.5) is 14.5 Å². The van der Waals surface area contributed by atoms with E-state index in [0.717, 1.165) is 12.3 Å². The van der Waals surface area contributed by atoms with Gasteiger partial charge in [0.25, 0.3) is 5.69 Å². The lowest BCUT2D eigenvalue weighted by atomic mass is 10.1. The van der Waals surface area contributed by atoms with Gasteiger partial charge in [-0.15, -0.1) is 0 Å². The first kappa shape index (κ1) is 20.7. The van der Waals surface area contributed by atoms with Crippen molar-refractivity contribution in [1.29, 1.82) is 0 Å². The molecule has 0 amide bonds. The molecule has 0 radical (unpaired) electrons. The van der Waals surface area contributed by atoms with Crippen LogP contribution in [0.5, 0.6) is 11.5 Å². The number of nitrogens with zero attached hydrogens (tertiary/aromatic N) is 2. The number of esters is 1. The van der Waals surface area contributed by atoms with Crippen molar-refractivity contribution in [1.82, 2.24) is 4.98 Å². The van der Waals surface area contributed by atoms with Gasteiger partial charge in [0, 0.05) is 6.07 Å². The molecular formula is C18H16F2N2O6. The minimum absolute atomic E-state index is 0.0808. The molecule has 0 aliphatic heterocycles. The first-order valence-corrected chi connectivity index (χ1v) is 7.98. The van der Waals surface area contributed by atoms with Crippen molar-refractivity contribution in [3.63, 3.8) is 0 Å². The third-order valence-electron chi connectivity index (χ3n) is 3.45. The molecule has 0 aliphatic rings. The van der Waals surface area contributed by atoms with E-state index in [2.05, 4.69) is 9.72 Å². The molecule has 10 heteroatoms. The van der Waals surface area contributed by atoms with Gasteiger partial charge in [0.2, 0.25) is 0 Å². The average Bonchev–Trinajstić information content (AvgIpc) is 2.66. The van der Waals surface area contributed by atoms with Gasteiger partial charge in [0.1, 0.15) is 6.20 Å². The van der Waals surface area contributed by atoms with Crippen LogP contribution < -0.4 is 9.47 Å². The summed E-state index contributed by atoms with van der Waals surface area (Å²) in [6.45, 7) is -1.35. The Labute approximate surface area is 158 Å². The quantitative estimate of drug-likeness (QED) is 0.380. The first-order chi connectivity index (χ1) is 13.3. The van der Waals surface area contributed by atoms with Crippen LogP contribution in [-0.4, -0.2) is 36.2 Å². The molecule has 2 aromatic rings. The third kappa shape index (κ3) is 5.22. The van der Waals surface area contributed by atoms with Crippen LogP contribution in [0.15, 0.2) is 30.5 Å². The summed E-state index contributed by atoms with van der Waals surface area (Å²) in [5.74, 6) is -0.810. The van der Waals surface area contributed by atoms with Crippen molar-refractivity contribution >= 4 is 23.8 Å². The van der Waals surface area contributed by atoms with Crippen LogP contribution in [0.1, 0.15) is 28.5 Å². The number of hydrogen-bond acceptors (Lipinski definition) is 7. The number of pyridine rings is 1. The van der Waals surface area contributed by atoms with Crippen molar-refractivity contribution in [2.24, 2.45) is 0 Å². The van der Waals surface area contributed by atoms with Gasteiger partial charge in [0.05, 0.1) is 29.9 Å². The number of aromatic nitrogens is 1. The largest absolute Gasteiger partial charge is 0.493 e. The molecule has 8 nitrogen and oxygen atoms in total. The minimum Gasteiger partial charge on any atom is -0.493 e. The van der Waals surface area contributed by atoms with Crippen molar-refractivity contribution in [2.45, 2.75) is 13.5 Å². The Kier molecular flexibility index (Phi) is 6.96. The summed E-state index contributed by atoms with van der Waals surface area (Å²) in [6.07, 6.45) is 3.89. The Morgan fingerprint density at radius 3 is 2.64 bits per heavy atom. The highest BCUT2D eigenvalue weighted by Crippen LogP contribution is 2.30. The zero-order valence-electron chi connectivity index (χ0n) is 14.9. The Bertz CT molecular complexity index is 902. The Morgan fingerprint density at radius 2 is 2.04 bits per heavy atom. The van der Waals surface area contributed by atoms with Crippen LogP contribution in [0.3, 0.4) is 0 Å². The van der Waals surface area contributed by atoms with Crippen molar-refractivity contribution < 1.29 is 32.7 Å². The van der Waals surface area contributed by atoms with E-state index >= 15 is 0 Å². The molecule has 1 aromatic carbocycles. The van der Waals surface area contributed by atoms with Crippen LogP contribution in [0.2, 0.25) is 0 Å². The van der Waals surface area contributed by atoms with Crippen molar-refractivity contribution in [3.8, 4) is 11.5 Å². The maximum atomic E-state index is 12.5. The van der Waals surface area contributed by atoms with E-state index in [0.29, 0.717) is 5.56 Å². The summed E-state index contributed by atoms with van der Waals surface area (Å²) in [7, 11) is 1.32. The maximum absolute atomic E-state index is 12.5. The highest BCUT2D eigenvalue weighted by molar-refractivity contribution is 5.94. The fraction of sp³-hybridized carbons (Fsp3) is 0.222. The molecule has 0 atom stereocenters. The molecule has 1 heterocycles. The monoisotopic (exact) mass is 394 g/mol. The van der Waals surface area contributed by atoms with E-state index in [9.17, 15) is 23.7 Å². The fourth-order valence-corrected chi connectivity index (χ4v) is 2.23. The van der Waals surface area contributed by atoms with Gasteiger partial charge >= 0.3 is 12.6 Å². The maximum Gasteiger partial charge on any atom is 0.387 e. The van der Waals surface area contributed by atoms with E-state index < -0.39 is 17.5 Å². The molecule has 0 bridgehead atoms. The highest BCUT2D eigenvalue weighted by Gasteiger charge is 2.18. The molecule has 148 valence electrons. The third-order valence-corrected chi connectivity index (χ3v) is 3.45. The van der Waals surface area contributed by atoms with E-state index in [4.69, 9.17) is 9.47 Å². The lowest BCUT2D eigenvalue weighted by Crippen LogP contribution is -2.08. The van der Waals surface area contributed by atoms with E-state index in [1.54, 1.807) is 13.0 Å². The summed E-state index contributed by atoms with van der Waals surface area (Å²) in [4.78, 5) is 26.2. The van der Waals surface area contributed by atoms with Gasteiger partial charge < -0.3 is 14.2 Å². The Balaban J connectivity index is 2.40. The van der Waals surface area contributed by atoms with E-state index in [1.807, 2.05) is 0 Å². The van der Waals surface area contributed by atoms with E-state index in [1.165, 1.54) is 31.4 Å². The SMILES string of the molecule is CCOC(=O)c1cc([N+](=O)[O-])cnc1/C=C/c1ccc(OC)c(OC(F)F)c1. The molecule has 28 heavy (non-hydrogen) atoms. The van der Waals surface area contributed by atoms with Crippen LogP contribution in [-0.2, 0) is 4.74 Å². The standard InChI is InChI=1S/C18H16F2N2O6/c1-3-27-17(23)13-9-12(22(24)25)10-21-14(13)6-4-11-5-7-15(26-2)16(8-11)28-18(19)20/h4-10,18H,3H2,1-2H3/b6-4+. The molecule has 2 rings (SSSR count). The number of methoxy groups -OCH3 is 1. The van der Waals surface area contributed by atoms with Gasteiger partial charge in [0.15, 0.2) is 11.5 Å². The summed E-state index contributed by atoms with van der Waals surface area (Å²) in [5.41, 5.74) is 0.116. The number of hydrogen-bond donors (Lipinski definition) is 0. The van der Waals surface area contributed by atoms with Crippen LogP contribution in [0, 0.1) is 10.1 Å². The minimum atomic E-state index is -3.03. The van der Waals surface area contributed by atoms with Gasteiger partial charge in [-0.1, -0.05) is 12.1 Å². The number of alkyl halides is 2. The fourth-order valence-electron chi connectivity index (χ4n) is 2.23. The Hall–Kier alpha value is -3.56. The second-order valence-electron chi connectivity index (χ2n) is 5.23. The molecule has 0 aliphatic carbocycles. The number of ether oxygens (including phenoxy) is 3. The van der Waals surface area contributed by atoms with Gasteiger partial charge in [-0.25, -0.2) is 9.78 Å². The molecule has 1 aromatic heterocycles. The molecule has 0 saturated carbocycles. The van der Waals surface area contributed by atoms with Gasteiger partial charge in [-0.05, 0) is 30.7 Å². The van der Waals surface area contributed by atoms with E-state index in [-0.39, 0.29) is 35.1 Å². The lowest BCUT2D eigenvalue weighted by molar-refractivity contribution is -0.385. The lowest BCUT2D eigenvalue weighted by Gasteiger charge is -2.10. The number of rotatable bonds is 8. The molecule has 0 unspecified atom stereocenters. The van der Waals surface area contributed by atoms with Crippen molar-refractivity contribution in [3.05, 3.63) is 57.4 Å². The van der Waals surface area contributed by atoms with Gasteiger partial charge in [-0.3, -0.25) is 10.1 Å². The molecule has 0 N–H and O–H groups in total. The second kappa shape index (κ2) is 9.40. The first-order valence-electron chi connectivity index (χ1n) is 7.98. The molecule has 0 spiro atoms. The summed E-state index contributed by atoms with van der Waals surface area (Å²) < 4.78 is 39.3. The normalized spacial score (nSPS) is 10.9. The second-order valence-corrected chi connectivity index (χ2v) is 5.23. The topological polar surface area (TPSA) is 101 Å². The number of benzene rings is 1. The summed E-state index contributed by atoms with van der Waals surface area (Å²) in [6, 6.07) is 5.39. The zero-order valence-corrected chi connectivity index (χ0v) is 14.9. The summed E-state index contributed by atoms with van der Waals surface area (Å²) in [5, 5.41) is 10.9. The Morgan fingerprint density at radius 1 is 1.29 bits per heavy atom.